The molecule has 0 aliphatic heterocycles. The van der Waals surface area contributed by atoms with Crippen LogP contribution in [0.3, 0.4) is 0 Å². The molecular formula is C17H20ClNS. The van der Waals surface area contributed by atoms with Crippen LogP contribution in [0.2, 0.25) is 5.02 Å². The fraction of sp³-hybridized carbons (Fsp3) is 0.294. The van der Waals surface area contributed by atoms with Gasteiger partial charge >= 0.3 is 0 Å². The zero-order chi connectivity index (χ0) is 14.4. The molecule has 1 N–H and O–H groups in total. The van der Waals surface area contributed by atoms with Gasteiger partial charge < -0.3 is 5.32 Å². The minimum Gasteiger partial charge on any atom is -0.313 e. The van der Waals surface area contributed by atoms with Crippen molar-refractivity contribution >= 4 is 29.0 Å². The molecule has 0 aliphatic rings. The standard InChI is InChI=1S/C17H20ClNS/c1-13(2)12-19-11-5-6-14-9-10-17(20-14)15-7-3-4-8-16(15)18/h3-10,13,19H,11-12H2,1-2H3. The molecular weight excluding hydrogens is 286 g/mol. The zero-order valence-electron chi connectivity index (χ0n) is 11.9. The highest BCUT2D eigenvalue weighted by molar-refractivity contribution is 7.16. The van der Waals surface area contributed by atoms with Gasteiger partial charge in [0, 0.05) is 26.9 Å². The summed E-state index contributed by atoms with van der Waals surface area (Å²) >= 11 is 7.99. The van der Waals surface area contributed by atoms with Gasteiger partial charge in [0.15, 0.2) is 0 Å². The molecule has 20 heavy (non-hydrogen) atoms. The molecule has 0 amide bonds. The van der Waals surface area contributed by atoms with E-state index in [9.17, 15) is 0 Å². The van der Waals surface area contributed by atoms with Crippen LogP contribution < -0.4 is 5.32 Å². The first-order valence-corrected chi connectivity index (χ1v) is 8.08. The molecule has 3 heteroatoms. The minimum absolute atomic E-state index is 0.692. The summed E-state index contributed by atoms with van der Waals surface area (Å²) in [7, 11) is 0. The maximum Gasteiger partial charge on any atom is 0.0492 e. The number of thiophene rings is 1. The van der Waals surface area contributed by atoms with Crippen molar-refractivity contribution in [1.29, 1.82) is 0 Å². The molecule has 0 unspecified atom stereocenters. The fourth-order valence-electron chi connectivity index (χ4n) is 1.88. The molecule has 0 aliphatic carbocycles. The van der Waals surface area contributed by atoms with Gasteiger partial charge in [-0.25, -0.2) is 0 Å². The van der Waals surface area contributed by atoms with Crippen molar-refractivity contribution < 1.29 is 0 Å². The Morgan fingerprint density at radius 2 is 2.00 bits per heavy atom. The second-order valence-electron chi connectivity index (χ2n) is 5.14. The van der Waals surface area contributed by atoms with Crippen molar-refractivity contribution in [2.45, 2.75) is 13.8 Å². The number of benzene rings is 1. The van der Waals surface area contributed by atoms with Gasteiger partial charge in [-0.2, -0.15) is 0 Å². The molecule has 1 nitrogen and oxygen atoms in total. The van der Waals surface area contributed by atoms with Gasteiger partial charge in [0.25, 0.3) is 0 Å². The monoisotopic (exact) mass is 305 g/mol. The van der Waals surface area contributed by atoms with Crippen LogP contribution in [0.25, 0.3) is 16.5 Å². The topological polar surface area (TPSA) is 12.0 Å². The van der Waals surface area contributed by atoms with E-state index in [-0.39, 0.29) is 0 Å². The zero-order valence-corrected chi connectivity index (χ0v) is 13.5. The lowest BCUT2D eigenvalue weighted by Crippen LogP contribution is -2.19. The molecule has 0 fully saturated rings. The molecule has 0 radical (unpaired) electrons. The molecule has 0 saturated heterocycles. The van der Waals surface area contributed by atoms with Gasteiger partial charge in [0.2, 0.25) is 0 Å². The fourth-order valence-corrected chi connectivity index (χ4v) is 3.15. The largest absolute Gasteiger partial charge is 0.313 e. The summed E-state index contributed by atoms with van der Waals surface area (Å²) in [5.41, 5.74) is 1.11. The molecule has 2 aromatic rings. The Morgan fingerprint density at radius 3 is 2.75 bits per heavy atom. The molecule has 106 valence electrons. The summed E-state index contributed by atoms with van der Waals surface area (Å²) in [6.07, 6.45) is 4.34. The van der Waals surface area contributed by atoms with E-state index >= 15 is 0 Å². The lowest BCUT2D eigenvalue weighted by Gasteiger charge is -2.03. The Hall–Kier alpha value is -1.09. The SMILES string of the molecule is CC(C)CNCC=Cc1ccc(-c2ccccc2Cl)s1. The van der Waals surface area contributed by atoms with Crippen LogP contribution in [0.1, 0.15) is 18.7 Å². The predicted octanol–water partition coefficient (Wildman–Crippen LogP) is 5.33. The van der Waals surface area contributed by atoms with Gasteiger partial charge in [-0.3, -0.25) is 0 Å². The van der Waals surface area contributed by atoms with Crippen molar-refractivity contribution in [2.24, 2.45) is 5.92 Å². The first kappa shape index (κ1) is 15.3. The molecule has 1 aromatic heterocycles. The maximum atomic E-state index is 6.22. The minimum atomic E-state index is 0.692. The Balaban J connectivity index is 1.96. The van der Waals surface area contributed by atoms with Gasteiger partial charge in [-0.1, -0.05) is 49.7 Å². The van der Waals surface area contributed by atoms with Crippen molar-refractivity contribution in [1.82, 2.24) is 5.32 Å². The first-order chi connectivity index (χ1) is 9.66. The predicted molar refractivity (Wildman–Crippen MR) is 91.5 cm³/mol. The Bertz CT molecular complexity index is 572. The molecule has 2 rings (SSSR count). The van der Waals surface area contributed by atoms with Crippen molar-refractivity contribution in [3.8, 4) is 10.4 Å². The lowest BCUT2D eigenvalue weighted by molar-refractivity contribution is 0.577. The molecule has 0 atom stereocenters. The summed E-state index contributed by atoms with van der Waals surface area (Å²) in [5.74, 6) is 0.692. The number of nitrogens with one attached hydrogen (secondary N) is 1. The summed E-state index contributed by atoms with van der Waals surface area (Å²) in [6.45, 7) is 6.40. The van der Waals surface area contributed by atoms with E-state index < -0.39 is 0 Å². The van der Waals surface area contributed by atoms with Gasteiger partial charge in [-0.15, -0.1) is 11.3 Å². The molecule has 1 heterocycles. The average Bonchev–Trinajstić information content (AvgIpc) is 2.87. The lowest BCUT2D eigenvalue weighted by atomic mass is 10.2. The second-order valence-corrected chi connectivity index (χ2v) is 6.66. The van der Waals surface area contributed by atoms with E-state index in [1.54, 1.807) is 11.3 Å². The third-order valence-electron chi connectivity index (χ3n) is 2.86. The molecule has 0 saturated carbocycles. The van der Waals surface area contributed by atoms with Gasteiger partial charge in [0.05, 0.1) is 0 Å². The summed E-state index contributed by atoms with van der Waals surface area (Å²) < 4.78 is 0. The van der Waals surface area contributed by atoms with Crippen LogP contribution in [-0.4, -0.2) is 13.1 Å². The van der Waals surface area contributed by atoms with Crippen LogP contribution in [0.15, 0.2) is 42.5 Å². The first-order valence-electron chi connectivity index (χ1n) is 6.89. The molecule has 0 spiro atoms. The van der Waals surface area contributed by atoms with E-state index in [0.717, 1.165) is 23.7 Å². The highest BCUT2D eigenvalue weighted by atomic mass is 35.5. The van der Waals surface area contributed by atoms with E-state index in [1.165, 1.54) is 9.75 Å². The van der Waals surface area contributed by atoms with Crippen molar-refractivity contribution in [3.05, 3.63) is 52.4 Å². The Kier molecular flexibility index (Phi) is 5.84. The van der Waals surface area contributed by atoms with Crippen LogP contribution in [0, 0.1) is 5.92 Å². The third-order valence-corrected chi connectivity index (χ3v) is 4.28. The number of halogens is 1. The normalized spacial score (nSPS) is 11.6. The van der Waals surface area contributed by atoms with Gasteiger partial charge in [0.1, 0.15) is 0 Å². The molecule has 1 aromatic carbocycles. The molecule has 0 bridgehead atoms. The summed E-state index contributed by atoms with van der Waals surface area (Å²) in [5, 5.41) is 4.21. The second kappa shape index (κ2) is 7.63. The van der Waals surface area contributed by atoms with Crippen molar-refractivity contribution in [3.63, 3.8) is 0 Å². The van der Waals surface area contributed by atoms with E-state index in [2.05, 4.69) is 49.5 Å². The highest BCUT2D eigenvalue weighted by Crippen LogP contribution is 2.33. The average molecular weight is 306 g/mol. The van der Waals surface area contributed by atoms with Crippen LogP contribution >= 0.6 is 22.9 Å². The van der Waals surface area contributed by atoms with E-state index in [4.69, 9.17) is 11.6 Å². The smallest absolute Gasteiger partial charge is 0.0492 e. The number of rotatable bonds is 6. The highest BCUT2D eigenvalue weighted by Gasteiger charge is 2.04. The number of hydrogen-bond acceptors (Lipinski definition) is 2. The van der Waals surface area contributed by atoms with Crippen molar-refractivity contribution in [2.75, 3.05) is 13.1 Å². The van der Waals surface area contributed by atoms with Gasteiger partial charge in [-0.05, 0) is 36.7 Å². The van der Waals surface area contributed by atoms with Crippen LogP contribution in [-0.2, 0) is 0 Å². The van der Waals surface area contributed by atoms with E-state index in [0.29, 0.717) is 5.92 Å². The van der Waals surface area contributed by atoms with Crippen LogP contribution in [0.5, 0.6) is 0 Å². The summed E-state index contributed by atoms with van der Waals surface area (Å²) in [6, 6.07) is 12.2. The van der Waals surface area contributed by atoms with E-state index in [1.807, 2.05) is 18.2 Å². The Morgan fingerprint density at radius 1 is 1.20 bits per heavy atom. The quantitative estimate of drug-likeness (QED) is 0.711. The number of hydrogen-bond donors (Lipinski definition) is 1. The maximum absolute atomic E-state index is 6.22. The summed E-state index contributed by atoms with van der Waals surface area (Å²) in [4.78, 5) is 2.47. The van der Waals surface area contributed by atoms with Crippen LogP contribution in [0.4, 0.5) is 0 Å². The third kappa shape index (κ3) is 4.48. The Labute approximate surface area is 130 Å².